The van der Waals surface area contributed by atoms with Gasteiger partial charge in [-0.3, -0.25) is 0 Å². The summed E-state index contributed by atoms with van der Waals surface area (Å²) in [4.78, 5) is 13.6. The highest BCUT2D eigenvalue weighted by Crippen LogP contribution is 2.22. The number of hydrogen-bond acceptors (Lipinski definition) is 5. The Kier molecular flexibility index (Phi) is 4.59. The van der Waals surface area contributed by atoms with Crippen LogP contribution in [0.5, 0.6) is 0 Å². The van der Waals surface area contributed by atoms with Crippen LogP contribution in [0.1, 0.15) is 5.56 Å². The quantitative estimate of drug-likeness (QED) is 0.909. The maximum Gasteiger partial charge on any atom is 0.229 e. The van der Waals surface area contributed by atoms with Gasteiger partial charge in [-0.25, -0.2) is 4.98 Å². The first-order valence-corrected chi connectivity index (χ1v) is 8.21. The number of nitrogens with zero attached hydrogens (tertiary/aromatic N) is 4. The molecule has 0 amide bonds. The predicted octanol–water partition coefficient (Wildman–Crippen LogP) is 3.04. The van der Waals surface area contributed by atoms with E-state index in [0.29, 0.717) is 5.95 Å². The van der Waals surface area contributed by atoms with Crippen molar-refractivity contribution in [2.75, 3.05) is 43.4 Å². The summed E-state index contributed by atoms with van der Waals surface area (Å²) in [5, 5.41) is 3.28. The molecule has 1 aromatic heterocycles. The minimum atomic E-state index is 0.637. The van der Waals surface area contributed by atoms with Crippen LogP contribution in [0, 0.1) is 6.92 Å². The van der Waals surface area contributed by atoms with Gasteiger partial charge in [-0.2, -0.15) is 4.98 Å². The van der Waals surface area contributed by atoms with Crippen molar-refractivity contribution in [3.05, 3.63) is 40.5 Å². The van der Waals surface area contributed by atoms with Crippen LogP contribution in [0.25, 0.3) is 0 Å². The smallest absolute Gasteiger partial charge is 0.229 e. The minimum Gasteiger partial charge on any atom is -0.354 e. The minimum absolute atomic E-state index is 0.637. The van der Waals surface area contributed by atoms with E-state index in [1.165, 1.54) is 5.56 Å². The summed E-state index contributed by atoms with van der Waals surface area (Å²) in [5.41, 5.74) is 2.18. The van der Waals surface area contributed by atoms with E-state index in [4.69, 9.17) is 0 Å². The molecule has 1 aliphatic heterocycles. The first kappa shape index (κ1) is 15.2. The van der Waals surface area contributed by atoms with Crippen molar-refractivity contribution in [2.45, 2.75) is 6.92 Å². The standard InChI is InChI=1S/C16H20BrN5/c1-12-11-13(3-4-14(12)17)19-16-18-6-5-15(20-16)22-9-7-21(2)8-10-22/h3-6,11H,7-10H2,1-2H3,(H,18,19,20). The summed E-state index contributed by atoms with van der Waals surface area (Å²) in [6.45, 7) is 6.21. The van der Waals surface area contributed by atoms with Gasteiger partial charge < -0.3 is 15.1 Å². The number of likely N-dealkylation sites (N-methyl/N-ethyl adjacent to an activating group) is 1. The number of anilines is 3. The molecular weight excluding hydrogens is 342 g/mol. The number of aryl methyl sites for hydroxylation is 1. The van der Waals surface area contributed by atoms with Crippen molar-refractivity contribution < 1.29 is 0 Å². The molecule has 0 aliphatic carbocycles. The number of hydrogen-bond donors (Lipinski definition) is 1. The van der Waals surface area contributed by atoms with E-state index in [1.807, 2.05) is 24.4 Å². The van der Waals surface area contributed by atoms with Crippen LogP contribution in [-0.4, -0.2) is 48.1 Å². The van der Waals surface area contributed by atoms with E-state index >= 15 is 0 Å². The van der Waals surface area contributed by atoms with Gasteiger partial charge in [-0.05, 0) is 43.8 Å². The second kappa shape index (κ2) is 6.62. The Morgan fingerprint density at radius 3 is 2.64 bits per heavy atom. The first-order chi connectivity index (χ1) is 10.6. The SMILES string of the molecule is Cc1cc(Nc2nccc(N3CCN(C)CC3)n2)ccc1Br. The fraction of sp³-hybridized carbons (Fsp3) is 0.375. The third kappa shape index (κ3) is 3.56. The van der Waals surface area contributed by atoms with Crippen molar-refractivity contribution in [1.82, 2.24) is 14.9 Å². The Bertz CT molecular complexity index is 653. The van der Waals surface area contributed by atoms with Gasteiger partial charge in [0.25, 0.3) is 0 Å². The van der Waals surface area contributed by atoms with Crippen LogP contribution < -0.4 is 10.2 Å². The Balaban J connectivity index is 1.74. The molecule has 22 heavy (non-hydrogen) atoms. The van der Waals surface area contributed by atoms with Gasteiger partial charge in [0, 0.05) is 42.5 Å². The normalized spacial score (nSPS) is 15.9. The van der Waals surface area contributed by atoms with E-state index in [2.05, 4.69) is 61.1 Å². The van der Waals surface area contributed by atoms with Crippen LogP contribution in [0.15, 0.2) is 34.9 Å². The fourth-order valence-electron chi connectivity index (χ4n) is 2.47. The van der Waals surface area contributed by atoms with E-state index in [9.17, 15) is 0 Å². The van der Waals surface area contributed by atoms with Gasteiger partial charge in [-0.15, -0.1) is 0 Å². The van der Waals surface area contributed by atoms with Crippen LogP contribution in [-0.2, 0) is 0 Å². The van der Waals surface area contributed by atoms with E-state index in [0.717, 1.165) is 42.2 Å². The maximum atomic E-state index is 4.64. The third-order valence-electron chi connectivity index (χ3n) is 3.88. The van der Waals surface area contributed by atoms with Crippen LogP contribution in [0.3, 0.4) is 0 Å². The summed E-state index contributed by atoms with van der Waals surface area (Å²) in [7, 11) is 2.15. The summed E-state index contributed by atoms with van der Waals surface area (Å²) in [5.74, 6) is 1.62. The van der Waals surface area contributed by atoms with Gasteiger partial charge in [0.15, 0.2) is 0 Å². The molecule has 1 aromatic carbocycles. The van der Waals surface area contributed by atoms with Crippen molar-refractivity contribution in [3.63, 3.8) is 0 Å². The second-order valence-corrected chi connectivity index (χ2v) is 6.47. The van der Waals surface area contributed by atoms with Crippen LogP contribution in [0.4, 0.5) is 17.5 Å². The highest BCUT2D eigenvalue weighted by molar-refractivity contribution is 9.10. The van der Waals surface area contributed by atoms with Crippen molar-refractivity contribution in [3.8, 4) is 0 Å². The molecular formula is C16H20BrN5. The molecule has 0 radical (unpaired) electrons. The van der Waals surface area contributed by atoms with E-state index in [-0.39, 0.29) is 0 Å². The van der Waals surface area contributed by atoms with Gasteiger partial charge in [0.1, 0.15) is 5.82 Å². The Morgan fingerprint density at radius 2 is 1.91 bits per heavy atom. The lowest BCUT2D eigenvalue weighted by molar-refractivity contribution is 0.312. The number of aromatic nitrogens is 2. The van der Waals surface area contributed by atoms with Gasteiger partial charge >= 0.3 is 0 Å². The summed E-state index contributed by atoms with van der Waals surface area (Å²) in [6.07, 6.45) is 1.81. The molecule has 0 atom stereocenters. The molecule has 6 heteroatoms. The number of nitrogens with one attached hydrogen (secondary N) is 1. The van der Waals surface area contributed by atoms with Crippen molar-refractivity contribution >= 4 is 33.4 Å². The number of rotatable bonds is 3. The molecule has 2 heterocycles. The van der Waals surface area contributed by atoms with Gasteiger partial charge in [0.2, 0.25) is 5.95 Å². The summed E-state index contributed by atoms with van der Waals surface area (Å²) < 4.78 is 1.10. The van der Waals surface area contributed by atoms with Crippen molar-refractivity contribution in [1.29, 1.82) is 0 Å². The highest BCUT2D eigenvalue weighted by atomic mass is 79.9. The van der Waals surface area contributed by atoms with Crippen LogP contribution in [0.2, 0.25) is 0 Å². The maximum absolute atomic E-state index is 4.64. The average Bonchev–Trinajstić information content (AvgIpc) is 2.52. The molecule has 1 N–H and O–H groups in total. The molecule has 3 rings (SSSR count). The molecule has 0 spiro atoms. The second-order valence-electron chi connectivity index (χ2n) is 5.62. The Morgan fingerprint density at radius 1 is 1.14 bits per heavy atom. The molecule has 0 saturated carbocycles. The zero-order chi connectivity index (χ0) is 15.5. The third-order valence-corrected chi connectivity index (χ3v) is 4.77. The van der Waals surface area contributed by atoms with Crippen LogP contribution >= 0.6 is 15.9 Å². The zero-order valence-corrected chi connectivity index (χ0v) is 14.5. The molecule has 1 aliphatic rings. The lowest BCUT2D eigenvalue weighted by Crippen LogP contribution is -2.44. The first-order valence-electron chi connectivity index (χ1n) is 7.41. The molecule has 2 aromatic rings. The zero-order valence-electron chi connectivity index (χ0n) is 12.9. The molecule has 116 valence electrons. The largest absolute Gasteiger partial charge is 0.354 e. The van der Waals surface area contributed by atoms with E-state index < -0.39 is 0 Å². The average molecular weight is 362 g/mol. The van der Waals surface area contributed by atoms with E-state index in [1.54, 1.807) is 0 Å². The fourth-order valence-corrected chi connectivity index (χ4v) is 2.72. The van der Waals surface area contributed by atoms with Gasteiger partial charge in [-0.1, -0.05) is 15.9 Å². The molecule has 5 nitrogen and oxygen atoms in total. The molecule has 0 unspecified atom stereocenters. The van der Waals surface area contributed by atoms with Gasteiger partial charge in [0.05, 0.1) is 0 Å². The van der Waals surface area contributed by atoms with Crippen molar-refractivity contribution in [2.24, 2.45) is 0 Å². The Labute approximate surface area is 139 Å². The summed E-state index contributed by atoms with van der Waals surface area (Å²) in [6, 6.07) is 8.10. The Hall–Kier alpha value is -1.66. The number of benzene rings is 1. The topological polar surface area (TPSA) is 44.3 Å². The molecule has 0 bridgehead atoms. The number of piperazine rings is 1. The number of halogens is 1. The molecule has 1 saturated heterocycles. The lowest BCUT2D eigenvalue weighted by atomic mass is 10.2. The highest BCUT2D eigenvalue weighted by Gasteiger charge is 2.15. The monoisotopic (exact) mass is 361 g/mol. The summed E-state index contributed by atoms with van der Waals surface area (Å²) >= 11 is 3.51. The molecule has 1 fully saturated rings. The predicted molar refractivity (Wildman–Crippen MR) is 93.9 cm³/mol. The lowest BCUT2D eigenvalue weighted by Gasteiger charge is -2.33.